The molecule has 5 nitrogen and oxygen atoms in total. The van der Waals surface area contributed by atoms with Gasteiger partial charge in [0.1, 0.15) is 17.5 Å². The summed E-state index contributed by atoms with van der Waals surface area (Å²) in [6.45, 7) is 8.88. The minimum atomic E-state index is -2.26. The van der Waals surface area contributed by atoms with Crippen molar-refractivity contribution in [3.05, 3.63) is 29.8 Å². The fraction of sp³-hybridized carbons (Fsp3) is 0.529. The van der Waals surface area contributed by atoms with E-state index in [0.717, 1.165) is 0 Å². The number of carbonyl (C=O) groups is 2. The van der Waals surface area contributed by atoms with E-state index in [9.17, 15) is 14.0 Å². The Hall–Kier alpha value is -2.11. The lowest BCUT2D eigenvalue weighted by Gasteiger charge is -2.23. The van der Waals surface area contributed by atoms with E-state index in [1.165, 1.54) is 12.1 Å². The first-order chi connectivity index (χ1) is 10.5. The highest BCUT2D eigenvalue weighted by Crippen LogP contribution is 2.21. The molecule has 0 heterocycles. The summed E-state index contributed by atoms with van der Waals surface area (Å²) in [5.74, 6) is -2.29. The van der Waals surface area contributed by atoms with Crippen molar-refractivity contribution >= 4 is 11.9 Å². The van der Waals surface area contributed by atoms with Gasteiger partial charge in [0.05, 0.1) is 5.56 Å². The van der Waals surface area contributed by atoms with Crippen LogP contribution >= 0.6 is 0 Å². The first kappa shape index (κ1) is 18.9. The summed E-state index contributed by atoms with van der Waals surface area (Å²) in [4.78, 5) is 22.8. The number of benzene rings is 1. The molecule has 0 bridgehead atoms. The number of carboxylic acid groups (broad SMARTS) is 1. The van der Waals surface area contributed by atoms with Crippen molar-refractivity contribution in [3.8, 4) is 5.75 Å². The molecule has 0 saturated carbocycles. The van der Waals surface area contributed by atoms with Crippen molar-refractivity contribution in [1.82, 2.24) is 0 Å². The molecule has 0 aliphatic rings. The molecule has 0 fully saturated rings. The van der Waals surface area contributed by atoms with Crippen LogP contribution in [0.3, 0.4) is 0 Å². The van der Waals surface area contributed by atoms with Crippen LogP contribution < -0.4 is 4.74 Å². The van der Waals surface area contributed by atoms with Crippen LogP contribution in [0.4, 0.5) is 4.39 Å². The Morgan fingerprint density at radius 2 is 1.65 bits per heavy atom. The number of hydrogen-bond donors (Lipinski definition) is 1. The van der Waals surface area contributed by atoms with Gasteiger partial charge in [0.15, 0.2) is 0 Å². The smallest absolute Gasteiger partial charge is 0.342 e. The Morgan fingerprint density at radius 1 is 1.13 bits per heavy atom. The maximum atomic E-state index is 13.7. The van der Waals surface area contributed by atoms with Gasteiger partial charge in [-0.3, -0.25) is 0 Å². The fourth-order valence-electron chi connectivity index (χ4n) is 1.88. The van der Waals surface area contributed by atoms with Crippen molar-refractivity contribution in [1.29, 1.82) is 0 Å². The second kappa shape index (κ2) is 7.44. The molecule has 0 amide bonds. The van der Waals surface area contributed by atoms with Crippen LogP contribution in [0.15, 0.2) is 24.3 Å². The molecule has 2 atom stereocenters. The largest absolute Gasteiger partial charge is 0.488 e. The molecule has 6 heteroatoms. The van der Waals surface area contributed by atoms with Gasteiger partial charge in [-0.2, -0.15) is 0 Å². The van der Waals surface area contributed by atoms with E-state index in [0.29, 0.717) is 5.75 Å². The number of ether oxygens (including phenoxy) is 2. The van der Waals surface area contributed by atoms with Crippen molar-refractivity contribution in [3.63, 3.8) is 0 Å². The Kier molecular flexibility index (Phi) is 6.12. The molecule has 1 N–H and O–H groups in total. The maximum absolute atomic E-state index is 13.7. The van der Waals surface area contributed by atoms with Crippen LogP contribution in [0.1, 0.15) is 45.0 Å². The summed E-state index contributed by atoms with van der Waals surface area (Å²) in [5, 5.41) is 8.75. The second-order valence-electron chi connectivity index (χ2n) is 6.59. The monoisotopic (exact) mass is 326 g/mol. The Morgan fingerprint density at radius 3 is 2.04 bits per heavy atom. The number of carboxylic acids is 1. The minimum Gasteiger partial charge on any atom is -0.488 e. The number of halogens is 1. The van der Waals surface area contributed by atoms with Gasteiger partial charge < -0.3 is 14.6 Å². The third-order valence-electron chi connectivity index (χ3n) is 2.94. The van der Waals surface area contributed by atoms with E-state index >= 15 is 0 Å². The van der Waals surface area contributed by atoms with E-state index in [1.807, 2.05) is 20.8 Å². The molecule has 0 spiro atoms. The molecule has 128 valence electrons. The van der Waals surface area contributed by atoms with Crippen LogP contribution in [-0.4, -0.2) is 34.9 Å². The van der Waals surface area contributed by atoms with Crippen LogP contribution in [0.2, 0.25) is 0 Å². The average molecular weight is 326 g/mol. The van der Waals surface area contributed by atoms with Gasteiger partial charge in [-0.1, -0.05) is 13.8 Å². The first-order valence-corrected chi connectivity index (χ1v) is 7.38. The Labute approximate surface area is 135 Å². The third kappa shape index (κ3) is 5.88. The Balaban J connectivity index is 2.82. The predicted molar refractivity (Wildman–Crippen MR) is 83.4 cm³/mol. The molecule has 0 aromatic heterocycles. The molecule has 1 aromatic rings. The van der Waals surface area contributed by atoms with E-state index in [1.54, 1.807) is 26.0 Å². The van der Waals surface area contributed by atoms with Crippen molar-refractivity contribution in [2.75, 3.05) is 0 Å². The first-order valence-electron chi connectivity index (χ1n) is 7.38. The summed E-state index contributed by atoms with van der Waals surface area (Å²) in [6, 6.07) is 6.20. The van der Waals surface area contributed by atoms with E-state index in [4.69, 9.17) is 14.6 Å². The highest BCUT2D eigenvalue weighted by Gasteiger charge is 2.34. The lowest BCUT2D eigenvalue weighted by Crippen LogP contribution is -2.38. The van der Waals surface area contributed by atoms with Crippen LogP contribution in [-0.2, 0) is 9.53 Å². The van der Waals surface area contributed by atoms with Crippen molar-refractivity contribution in [2.24, 2.45) is 5.92 Å². The molecule has 23 heavy (non-hydrogen) atoms. The molecule has 0 radical (unpaired) electrons. The van der Waals surface area contributed by atoms with Crippen molar-refractivity contribution in [2.45, 2.75) is 52.5 Å². The summed E-state index contributed by atoms with van der Waals surface area (Å²) < 4.78 is 24.3. The normalized spacial score (nSPS) is 14.2. The molecule has 0 aliphatic heterocycles. The summed E-state index contributed by atoms with van der Waals surface area (Å²) in [6.07, 6.45) is -3.60. The van der Waals surface area contributed by atoms with E-state index in [2.05, 4.69) is 0 Å². The fourth-order valence-corrected chi connectivity index (χ4v) is 1.88. The number of alkyl halides is 1. The molecule has 0 aliphatic carbocycles. The molecular formula is C17H23FO5. The van der Waals surface area contributed by atoms with Gasteiger partial charge in [0.25, 0.3) is 0 Å². The predicted octanol–water partition coefficient (Wildman–Crippen LogP) is 3.47. The zero-order valence-electron chi connectivity index (χ0n) is 14.0. The molecule has 1 aromatic carbocycles. The maximum Gasteiger partial charge on any atom is 0.342 e. The second-order valence-corrected chi connectivity index (χ2v) is 6.59. The van der Waals surface area contributed by atoms with Gasteiger partial charge >= 0.3 is 11.9 Å². The van der Waals surface area contributed by atoms with E-state index < -0.39 is 30.1 Å². The van der Waals surface area contributed by atoms with Crippen LogP contribution in [0.25, 0.3) is 0 Å². The zero-order chi connectivity index (χ0) is 17.8. The van der Waals surface area contributed by atoms with Crippen LogP contribution in [0.5, 0.6) is 5.75 Å². The lowest BCUT2D eigenvalue weighted by molar-refractivity contribution is -0.148. The molecular weight excluding hydrogens is 303 g/mol. The number of rotatable bonds is 6. The quantitative estimate of drug-likeness (QED) is 0.810. The molecule has 1 rings (SSSR count). The minimum absolute atomic E-state index is 0.203. The third-order valence-corrected chi connectivity index (χ3v) is 2.94. The summed E-state index contributed by atoms with van der Waals surface area (Å²) >= 11 is 0. The molecule has 2 unspecified atom stereocenters. The summed E-state index contributed by atoms with van der Waals surface area (Å²) in [7, 11) is 0. The van der Waals surface area contributed by atoms with Gasteiger partial charge in [-0.15, -0.1) is 0 Å². The topological polar surface area (TPSA) is 72.8 Å². The zero-order valence-corrected chi connectivity index (χ0v) is 14.0. The van der Waals surface area contributed by atoms with Gasteiger partial charge in [0.2, 0.25) is 6.17 Å². The van der Waals surface area contributed by atoms with Crippen LogP contribution in [0, 0.1) is 5.92 Å². The standard InChI is InChI=1S/C17H23FO5/c1-10(2)14(13(18)15(19)20)22-16(21)11-6-8-12(9-7-11)23-17(3,4)5/h6-10,13-14H,1-5H3,(H,19,20). The van der Waals surface area contributed by atoms with Gasteiger partial charge in [0, 0.05) is 0 Å². The van der Waals surface area contributed by atoms with Gasteiger partial charge in [-0.25, -0.2) is 14.0 Å². The number of carbonyl (C=O) groups excluding carboxylic acids is 1. The van der Waals surface area contributed by atoms with E-state index in [-0.39, 0.29) is 11.2 Å². The Bertz CT molecular complexity index is 545. The molecule has 0 saturated heterocycles. The highest BCUT2D eigenvalue weighted by atomic mass is 19.1. The lowest BCUT2D eigenvalue weighted by atomic mass is 10.0. The SMILES string of the molecule is CC(C)C(OC(=O)c1ccc(OC(C)(C)C)cc1)C(F)C(=O)O. The highest BCUT2D eigenvalue weighted by molar-refractivity contribution is 5.90. The van der Waals surface area contributed by atoms with Gasteiger partial charge in [-0.05, 0) is 51.0 Å². The number of hydrogen-bond acceptors (Lipinski definition) is 4. The number of esters is 1. The number of aliphatic carboxylic acids is 1. The summed E-state index contributed by atoms with van der Waals surface area (Å²) in [5.41, 5.74) is -0.164. The van der Waals surface area contributed by atoms with Crippen molar-refractivity contribution < 1.29 is 28.6 Å². The average Bonchev–Trinajstić information content (AvgIpc) is 2.42.